The summed E-state index contributed by atoms with van der Waals surface area (Å²) in [4.78, 5) is 21.9. The van der Waals surface area contributed by atoms with Crippen LogP contribution in [0.3, 0.4) is 0 Å². The van der Waals surface area contributed by atoms with Gasteiger partial charge in [0.1, 0.15) is 0 Å². The number of carbonyl (C=O) groups excluding carboxylic acids is 1. The van der Waals surface area contributed by atoms with Gasteiger partial charge in [0.2, 0.25) is 5.91 Å². The van der Waals surface area contributed by atoms with Gasteiger partial charge in [0.25, 0.3) is 0 Å². The minimum absolute atomic E-state index is 0.620. The van der Waals surface area contributed by atoms with Crippen molar-refractivity contribution in [2.75, 3.05) is 0 Å². The molecule has 14 heavy (non-hydrogen) atoms. The Hall–Kier alpha value is -1.14. The number of carboxylic acid groups (broad SMARTS) is 1. The number of nitrogens with two attached hydrogens (primary N) is 1. The Morgan fingerprint density at radius 2 is 1.86 bits per heavy atom. The molecule has 0 aliphatic carbocycles. The lowest BCUT2D eigenvalue weighted by Gasteiger charge is -2.23. The number of aliphatic hydroxyl groups excluding tert-OH is 1. The molecule has 0 heterocycles. The Morgan fingerprint density at radius 1 is 1.43 bits per heavy atom. The number of nitrogens with one attached hydrogen (secondary N) is 1. The van der Waals surface area contributed by atoms with E-state index in [0.29, 0.717) is 0 Å². The summed E-state index contributed by atoms with van der Waals surface area (Å²) >= 11 is 0. The molecule has 1 amide bonds. The summed E-state index contributed by atoms with van der Waals surface area (Å²) in [5, 5.41) is 19.8. The van der Waals surface area contributed by atoms with Gasteiger partial charge in [-0.2, -0.15) is 0 Å². The molecule has 0 saturated heterocycles. The number of carbonyl (C=O) groups is 2. The van der Waals surface area contributed by atoms with Crippen molar-refractivity contribution >= 4 is 11.9 Å². The number of aliphatic carboxylic acids is 1. The van der Waals surface area contributed by atoms with Gasteiger partial charge in [0.15, 0.2) is 6.04 Å². The molecule has 2 atom stereocenters. The van der Waals surface area contributed by atoms with E-state index in [1.807, 2.05) is 0 Å². The van der Waals surface area contributed by atoms with Crippen LogP contribution >= 0.6 is 0 Å². The predicted molar refractivity (Wildman–Crippen MR) is 49.5 cm³/mol. The maximum atomic E-state index is 11.3. The van der Waals surface area contributed by atoms with Crippen molar-refractivity contribution in [3.8, 4) is 0 Å². The van der Waals surface area contributed by atoms with E-state index in [9.17, 15) is 9.59 Å². The highest BCUT2D eigenvalue weighted by Crippen LogP contribution is 2.00. The van der Waals surface area contributed by atoms with Crippen LogP contribution in [0.2, 0.25) is 0 Å². The lowest BCUT2D eigenvalue weighted by atomic mass is 10.0. The van der Waals surface area contributed by atoms with E-state index in [2.05, 4.69) is 5.32 Å². The van der Waals surface area contributed by atoms with Gasteiger partial charge in [-0.15, -0.1) is 0 Å². The van der Waals surface area contributed by atoms with Crippen LogP contribution < -0.4 is 11.1 Å². The largest absolute Gasteiger partial charge is 0.480 e. The maximum absolute atomic E-state index is 11.3. The Balaban J connectivity index is 4.48. The predicted octanol–water partition coefficient (Wildman–Crippen LogP) is -1.33. The normalized spacial score (nSPS) is 15.8. The van der Waals surface area contributed by atoms with Gasteiger partial charge in [0.05, 0.1) is 11.6 Å². The molecule has 0 aliphatic heterocycles. The number of rotatable bonds is 4. The van der Waals surface area contributed by atoms with E-state index in [4.69, 9.17) is 15.9 Å². The van der Waals surface area contributed by atoms with Crippen molar-refractivity contribution in [3.63, 3.8) is 0 Å². The Labute approximate surface area is 82.1 Å². The SMILES string of the molecule is C[C@@H](O)[C@H](NC(=O)C(C)(C)N)C(=O)O. The highest BCUT2D eigenvalue weighted by Gasteiger charge is 2.30. The summed E-state index contributed by atoms with van der Waals surface area (Å²) in [5.41, 5.74) is 4.28. The van der Waals surface area contributed by atoms with Crippen molar-refractivity contribution in [1.82, 2.24) is 5.32 Å². The monoisotopic (exact) mass is 204 g/mol. The van der Waals surface area contributed by atoms with Crippen LogP contribution in [-0.2, 0) is 9.59 Å². The van der Waals surface area contributed by atoms with Crippen LogP contribution in [0.25, 0.3) is 0 Å². The minimum Gasteiger partial charge on any atom is -0.480 e. The van der Waals surface area contributed by atoms with Gasteiger partial charge in [0, 0.05) is 0 Å². The summed E-state index contributed by atoms with van der Waals surface area (Å²) in [6, 6.07) is -1.33. The highest BCUT2D eigenvalue weighted by molar-refractivity contribution is 5.89. The fraction of sp³-hybridized carbons (Fsp3) is 0.750. The molecule has 0 bridgehead atoms. The van der Waals surface area contributed by atoms with E-state index < -0.39 is 29.6 Å². The second-order valence-corrected chi connectivity index (χ2v) is 3.75. The lowest BCUT2D eigenvalue weighted by molar-refractivity contribution is -0.145. The van der Waals surface area contributed by atoms with Crippen LogP contribution in [0, 0.1) is 0 Å². The molecule has 0 fully saturated rings. The van der Waals surface area contributed by atoms with Gasteiger partial charge in [-0.05, 0) is 20.8 Å². The molecular weight excluding hydrogens is 188 g/mol. The topological polar surface area (TPSA) is 113 Å². The number of aliphatic hydroxyl groups is 1. The third-order valence-corrected chi connectivity index (χ3v) is 1.62. The van der Waals surface area contributed by atoms with Gasteiger partial charge in [-0.3, -0.25) is 4.79 Å². The molecule has 82 valence electrons. The molecule has 5 N–H and O–H groups in total. The molecule has 0 aromatic carbocycles. The molecular formula is C8H16N2O4. The molecule has 6 nitrogen and oxygen atoms in total. The van der Waals surface area contributed by atoms with Crippen LogP contribution in [0.4, 0.5) is 0 Å². The summed E-state index contributed by atoms with van der Waals surface area (Å²) in [6.07, 6.45) is -1.17. The zero-order valence-corrected chi connectivity index (χ0v) is 8.44. The first-order chi connectivity index (χ1) is 6.16. The Bertz CT molecular complexity index is 232. The standard InChI is InChI=1S/C8H16N2O4/c1-4(11)5(6(12)13)10-7(14)8(2,3)9/h4-5,11H,9H2,1-3H3,(H,10,14)(H,12,13)/t4-,5+/m1/s1. The third kappa shape index (κ3) is 3.71. The maximum Gasteiger partial charge on any atom is 0.328 e. The molecule has 0 aliphatic rings. The summed E-state index contributed by atoms with van der Waals surface area (Å²) < 4.78 is 0. The van der Waals surface area contributed by atoms with E-state index in [-0.39, 0.29) is 0 Å². The average Bonchev–Trinajstić information content (AvgIpc) is 1.96. The number of carboxylic acids is 1. The van der Waals surface area contributed by atoms with Crippen LogP contribution in [0.5, 0.6) is 0 Å². The first-order valence-electron chi connectivity index (χ1n) is 4.17. The highest BCUT2D eigenvalue weighted by atomic mass is 16.4. The number of hydrogen-bond donors (Lipinski definition) is 4. The fourth-order valence-electron chi connectivity index (χ4n) is 0.716. The zero-order valence-electron chi connectivity index (χ0n) is 8.44. The van der Waals surface area contributed by atoms with Gasteiger partial charge in [-0.1, -0.05) is 0 Å². The summed E-state index contributed by atoms with van der Waals surface area (Å²) in [7, 11) is 0. The van der Waals surface area contributed by atoms with Crippen molar-refractivity contribution in [2.24, 2.45) is 5.73 Å². The van der Waals surface area contributed by atoms with E-state index >= 15 is 0 Å². The molecule has 0 rings (SSSR count). The van der Waals surface area contributed by atoms with Crippen LogP contribution in [0.15, 0.2) is 0 Å². The lowest BCUT2D eigenvalue weighted by Crippen LogP contribution is -2.56. The molecule has 0 unspecified atom stereocenters. The Kier molecular flexibility index (Phi) is 4.03. The Morgan fingerprint density at radius 3 is 2.07 bits per heavy atom. The van der Waals surface area contributed by atoms with Crippen molar-refractivity contribution in [1.29, 1.82) is 0 Å². The number of hydrogen-bond acceptors (Lipinski definition) is 4. The van der Waals surface area contributed by atoms with E-state index in [0.717, 1.165) is 0 Å². The third-order valence-electron chi connectivity index (χ3n) is 1.62. The van der Waals surface area contributed by atoms with E-state index in [1.165, 1.54) is 20.8 Å². The average molecular weight is 204 g/mol. The van der Waals surface area contributed by atoms with E-state index in [1.54, 1.807) is 0 Å². The summed E-state index contributed by atoms with van der Waals surface area (Å²) in [5.74, 6) is -1.91. The smallest absolute Gasteiger partial charge is 0.328 e. The van der Waals surface area contributed by atoms with Gasteiger partial charge >= 0.3 is 5.97 Å². The fourth-order valence-corrected chi connectivity index (χ4v) is 0.716. The zero-order chi connectivity index (χ0) is 11.5. The van der Waals surface area contributed by atoms with Crippen molar-refractivity contribution < 1.29 is 19.8 Å². The second-order valence-electron chi connectivity index (χ2n) is 3.75. The molecule has 0 spiro atoms. The molecule has 0 aromatic heterocycles. The summed E-state index contributed by atoms with van der Waals surface area (Å²) in [6.45, 7) is 4.18. The first kappa shape index (κ1) is 12.9. The van der Waals surface area contributed by atoms with Crippen LogP contribution in [0.1, 0.15) is 20.8 Å². The quantitative estimate of drug-likeness (QED) is 0.453. The first-order valence-corrected chi connectivity index (χ1v) is 4.17. The molecule has 0 radical (unpaired) electrons. The van der Waals surface area contributed by atoms with Gasteiger partial charge in [-0.25, -0.2) is 4.79 Å². The molecule has 6 heteroatoms. The second kappa shape index (κ2) is 4.39. The van der Waals surface area contributed by atoms with Crippen LogP contribution in [-0.4, -0.2) is 39.8 Å². The minimum atomic E-state index is -1.33. The van der Waals surface area contributed by atoms with Gasteiger partial charge < -0.3 is 21.3 Å². The molecule has 0 saturated carbocycles. The van der Waals surface area contributed by atoms with Crippen molar-refractivity contribution in [3.05, 3.63) is 0 Å². The van der Waals surface area contributed by atoms with Crippen molar-refractivity contribution in [2.45, 2.75) is 38.5 Å². The number of amides is 1. The molecule has 0 aromatic rings.